The first-order valence-corrected chi connectivity index (χ1v) is 6.65. The summed E-state index contributed by atoms with van der Waals surface area (Å²) >= 11 is 5.70. The number of hydrogen-bond acceptors (Lipinski definition) is 2. The quantitative estimate of drug-likeness (QED) is 0.821. The summed E-state index contributed by atoms with van der Waals surface area (Å²) in [7, 11) is 0. The summed E-state index contributed by atoms with van der Waals surface area (Å²) in [5, 5.41) is 12.4. The number of carbonyl (C=O) groups is 1. The van der Waals surface area contributed by atoms with Gasteiger partial charge < -0.3 is 10.4 Å². The second-order valence-electron chi connectivity index (χ2n) is 5.52. The Labute approximate surface area is 121 Å². The number of benzene rings is 1. The standard InChI is InChI=1S/C14H18ClF2NO2/c1-8(2)6-14(3,20)7-18-13(19)9-4-11(16)12(17)5-10(9)15/h4-5,8,20H,6-7H2,1-3H3,(H,18,19). The van der Waals surface area contributed by atoms with Gasteiger partial charge in [0, 0.05) is 6.54 Å². The predicted molar refractivity (Wildman–Crippen MR) is 73.8 cm³/mol. The minimum absolute atomic E-state index is 0.000657. The van der Waals surface area contributed by atoms with Crippen LogP contribution in [0.2, 0.25) is 5.02 Å². The lowest BCUT2D eigenvalue weighted by Gasteiger charge is -2.25. The van der Waals surface area contributed by atoms with Crippen LogP contribution < -0.4 is 5.32 Å². The van der Waals surface area contributed by atoms with Gasteiger partial charge in [-0.3, -0.25) is 4.79 Å². The van der Waals surface area contributed by atoms with Gasteiger partial charge in [0.05, 0.1) is 16.2 Å². The normalized spacial score (nSPS) is 14.2. The van der Waals surface area contributed by atoms with E-state index in [1.807, 2.05) is 13.8 Å². The van der Waals surface area contributed by atoms with Gasteiger partial charge >= 0.3 is 0 Å². The van der Waals surface area contributed by atoms with Gasteiger partial charge in [0.25, 0.3) is 5.91 Å². The van der Waals surface area contributed by atoms with Crippen LogP contribution in [0.4, 0.5) is 8.78 Å². The largest absolute Gasteiger partial charge is 0.388 e. The van der Waals surface area contributed by atoms with Crippen molar-refractivity contribution in [3.8, 4) is 0 Å². The van der Waals surface area contributed by atoms with Gasteiger partial charge in [-0.05, 0) is 31.4 Å². The maximum absolute atomic E-state index is 13.1. The fourth-order valence-electron chi connectivity index (χ4n) is 2.01. The van der Waals surface area contributed by atoms with E-state index >= 15 is 0 Å². The zero-order valence-corrected chi connectivity index (χ0v) is 12.4. The molecular formula is C14H18ClF2NO2. The molecule has 0 aliphatic heterocycles. The number of rotatable bonds is 5. The fourth-order valence-corrected chi connectivity index (χ4v) is 2.25. The topological polar surface area (TPSA) is 49.3 Å². The van der Waals surface area contributed by atoms with Crippen molar-refractivity contribution in [2.75, 3.05) is 6.54 Å². The molecule has 2 N–H and O–H groups in total. The fraction of sp³-hybridized carbons (Fsp3) is 0.500. The number of aliphatic hydroxyl groups is 1. The van der Waals surface area contributed by atoms with Gasteiger partial charge in [-0.25, -0.2) is 8.78 Å². The lowest BCUT2D eigenvalue weighted by molar-refractivity contribution is 0.0368. The molecule has 0 fully saturated rings. The third-order valence-electron chi connectivity index (χ3n) is 2.73. The molecule has 0 aliphatic carbocycles. The van der Waals surface area contributed by atoms with Crippen LogP contribution in [-0.2, 0) is 0 Å². The first-order chi connectivity index (χ1) is 9.12. The molecule has 0 radical (unpaired) electrons. The van der Waals surface area contributed by atoms with Crippen molar-refractivity contribution in [1.29, 1.82) is 0 Å². The van der Waals surface area contributed by atoms with Crippen LogP contribution in [0, 0.1) is 17.6 Å². The highest BCUT2D eigenvalue weighted by atomic mass is 35.5. The molecule has 0 saturated heterocycles. The molecule has 1 aromatic rings. The molecular weight excluding hydrogens is 288 g/mol. The van der Waals surface area contributed by atoms with Crippen LogP contribution in [0.25, 0.3) is 0 Å². The second kappa shape index (κ2) is 6.50. The third-order valence-corrected chi connectivity index (χ3v) is 3.05. The van der Waals surface area contributed by atoms with Crippen molar-refractivity contribution in [2.45, 2.75) is 32.8 Å². The highest BCUT2D eigenvalue weighted by molar-refractivity contribution is 6.33. The van der Waals surface area contributed by atoms with Crippen LogP contribution in [0.15, 0.2) is 12.1 Å². The Morgan fingerprint density at radius 3 is 2.50 bits per heavy atom. The van der Waals surface area contributed by atoms with Crippen molar-refractivity contribution >= 4 is 17.5 Å². The van der Waals surface area contributed by atoms with E-state index in [4.69, 9.17) is 11.6 Å². The molecule has 0 bridgehead atoms. The summed E-state index contributed by atoms with van der Waals surface area (Å²) in [5.74, 6) is -2.65. The highest BCUT2D eigenvalue weighted by Crippen LogP contribution is 2.20. The molecule has 1 amide bonds. The monoisotopic (exact) mass is 305 g/mol. The van der Waals surface area contributed by atoms with Crippen LogP contribution in [0.1, 0.15) is 37.6 Å². The molecule has 6 heteroatoms. The van der Waals surface area contributed by atoms with Crippen LogP contribution in [0.3, 0.4) is 0 Å². The maximum Gasteiger partial charge on any atom is 0.253 e. The molecule has 112 valence electrons. The van der Waals surface area contributed by atoms with Gasteiger partial charge in [0.15, 0.2) is 11.6 Å². The van der Waals surface area contributed by atoms with E-state index < -0.39 is 23.1 Å². The Morgan fingerprint density at radius 1 is 1.40 bits per heavy atom. The molecule has 0 aliphatic rings. The number of amides is 1. The van der Waals surface area contributed by atoms with Gasteiger partial charge in [0.2, 0.25) is 0 Å². The number of halogens is 3. The molecule has 0 spiro atoms. The van der Waals surface area contributed by atoms with E-state index in [0.717, 1.165) is 12.1 Å². The van der Waals surface area contributed by atoms with E-state index in [1.165, 1.54) is 0 Å². The van der Waals surface area contributed by atoms with E-state index in [1.54, 1.807) is 6.92 Å². The van der Waals surface area contributed by atoms with Gasteiger partial charge in [-0.2, -0.15) is 0 Å². The molecule has 0 saturated carbocycles. The van der Waals surface area contributed by atoms with Gasteiger partial charge in [-0.1, -0.05) is 25.4 Å². The third kappa shape index (κ3) is 4.72. The van der Waals surface area contributed by atoms with Crippen molar-refractivity contribution in [1.82, 2.24) is 5.32 Å². The van der Waals surface area contributed by atoms with Crippen molar-refractivity contribution in [3.63, 3.8) is 0 Å². The maximum atomic E-state index is 13.1. The van der Waals surface area contributed by atoms with Crippen LogP contribution >= 0.6 is 11.6 Å². The lowest BCUT2D eigenvalue weighted by Crippen LogP contribution is -2.41. The summed E-state index contributed by atoms with van der Waals surface area (Å²) in [6.45, 7) is 5.49. The summed E-state index contributed by atoms with van der Waals surface area (Å²) in [6, 6.07) is 1.49. The zero-order chi connectivity index (χ0) is 15.5. The van der Waals surface area contributed by atoms with Crippen LogP contribution in [-0.4, -0.2) is 23.2 Å². The van der Waals surface area contributed by atoms with Crippen LogP contribution in [0.5, 0.6) is 0 Å². The molecule has 1 rings (SSSR count). The number of nitrogens with one attached hydrogen (secondary N) is 1. The first kappa shape index (κ1) is 16.9. The van der Waals surface area contributed by atoms with Crippen molar-refractivity contribution < 1.29 is 18.7 Å². The van der Waals surface area contributed by atoms with Gasteiger partial charge in [0.1, 0.15) is 0 Å². The Hall–Kier alpha value is -1.20. The van der Waals surface area contributed by atoms with Gasteiger partial charge in [-0.15, -0.1) is 0 Å². The van der Waals surface area contributed by atoms with E-state index in [9.17, 15) is 18.7 Å². The molecule has 3 nitrogen and oxygen atoms in total. The molecule has 1 aromatic carbocycles. The number of hydrogen-bond donors (Lipinski definition) is 2. The summed E-state index contributed by atoms with van der Waals surface area (Å²) in [5.41, 5.74) is -1.24. The highest BCUT2D eigenvalue weighted by Gasteiger charge is 2.23. The average Bonchev–Trinajstić information content (AvgIpc) is 2.29. The SMILES string of the molecule is CC(C)CC(C)(O)CNC(=O)c1cc(F)c(F)cc1Cl. The summed E-state index contributed by atoms with van der Waals surface area (Å²) in [4.78, 5) is 11.9. The molecule has 20 heavy (non-hydrogen) atoms. The number of carbonyl (C=O) groups excluding carboxylic acids is 1. The molecule has 1 unspecified atom stereocenters. The molecule has 1 atom stereocenters. The minimum atomic E-state index is -1.14. The lowest BCUT2D eigenvalue weighted by atomic mass is 9.94. The smallest absolute Gasteiger partial charge is 0.253 e. The average molecular weight is 306 g/mol. The first-order valence-electron chi connectivity index (χ1n) is 6.27. The Balaban J connectivity index is 2.75. The van der Waals surface area contributed by atoms with Crippen molar-refractivity contribution in [3.05, 3.63) is 34.4 Å². The summed E-state index contributed by atoms with van der Waals surface area (Å²) < 4.78 is 26.0. The Morgan fingerprint density at radius 2 is 1.95 bits per heavy atom. The molecule has 0 heterocycles. The second-order valence-corrected chi connectivity index (χ2v) is 5.93. The predicted octanol–water partition coefficient (Wildman–Crippen LogP) is 3.15. The molecule has 0 aromatic heterocycles. The zero-order valence-electron chi connectivity index (χ0n) is 11.6. The van der Waals surface area contributed by atoms with E-state index in [-0.39, 0.29) is 23.0 Å². The minimum Gasteiger partial charge on any atom is -0.388 e. The van der Waals surface area contributed by atoms with Crippen molar-refractivity contribution in [2.24, 2.45) is 5.92 Å². The van der Waals surface area contributed by atoms with E-state index in [2.05, 4.69) is 5.32 Å². The Bertz CT molecular complexity index is 504. The van der Waals surface area contributed by atoms with E-state index in [0.29, 0.717) is 6.42 Å². The Kier molecular flexibility index (Phi) is 5.48. The summed E-state index contributed by atoms with van der Waals surface area (Å²) in [6.07, 6.45) is 0.499.